The monoisotopic (exact) mass is 512 g/mol. The van der Waals surface area contributed by atoms with Gasteiger partial charge in [-0.1, -0.05) is 26.0 Å². The van der Waals surface area contributed by atoms with Crippen LogP contribution in [0.15, 0.2) is 24.3 Å². The molecule has 2 saturated heterocycles. The lowest BCUT2D eigenvalue weighted by atomic mass is 9.73. The maximum atomic E-state index is 13.9. The fourth-order valence-corrected chi connectivity index (χ4v) is 6.27. The minimum absolute atomic E-state index is 0.00784. The molecule has 3 fully saturated rings. The third-order valence-corrected chi connectivity index (χ3v) is 8.76. The van der Waals surface area contributed by atoms with Crippen LogP contribution >= 0.6 is 0 Å². The molecule has 36 heavy (non-hydrogen) atoms. The standard InChI is InChI=1S/C27H39F3N2O4/c1-18(2)25(10-8-21(16-25)31-22-9-15-36-17-23(22)35-3)24(33)32-13-11-26(34,12-14-32)19-4-6-20(7-5-19)27(28,29)30/h4-7,18,21-23,31,34H,8-17H2,1-3H3/t21-,22?,23?,25+/m1/s1. The number of rotatable bonds is 6. The topological polar surface area (TPSA) is 71.0 Å². The van der Waals surface area contributed by atoms with Gasteiger partial charge in [-0.25, -0.2) is 0 Å². The van der Waals surface area contributed by atoms with Crippen LogP contribution in [0.5, 0.6) is 0 Å². The van der Waals surface area contributed by atoms with Crippen molar-refractivity contribution in [2.24, 2.45) is 11.3 Å². The number of benzene rings is 1. The predicted octanol–water partition coefficient (Wildman–Crippen LogP) is 4.10. The average Bonchev–Trinajstić information content (AvgIpc) is 3.29. The van der Waals surface area contributed by atoms with E-state index in [1.807, 2.05) is 4.90 Å². The number of piperidine rings is 1. The third kappa shape index (κ3) is 5.44. The van der Waals surface area contributed by atoms with Crippen LogP contribution in [-0.2, 0) is 26.0 Å². The first kappa shape index (κ1) is 27.4. The number of hydrogen-bond donors (Lipinski definition) is 2. The number of ether oxygens (including phenoxy) is 2. The van der Waals surface area contributed by atoms with Crippen molar-refractivity contribution in [3.8, 4) is 0 Å². The van der Waals surface area contributed by atoms with E-state index in [0.29, 0.717) is 44.7 Å². The van der Waals surface area contributed by atoms with Gasteiger partial charge in [-0.15, -0.1) is 0 Å². The average molecular weight is 513 g/mol. The molecule has 0 bridgehead atoms. The van der Waals surface area contributed by atoms with Gasteiger partial charge in [0.15, 0.2) is 0 Å². The molecule has 4 atom stereocenters. The minimum atomic E-state index is -4.41. The molecular formula is C27H39F3N2O4. The molecule has 0 radical (unpaired) electrons. The van der Waals surface area contributed by atoms with Crippen molar-refractivity contribution in [3.05, 3.63) is 35.4 Å². The molecule has 1 amide bonds. The lowest BCUT2D eigenvalue weighted by molar-refractivity contribution is -0.149. The fourth-order valence-electron chi connectivity index (χ4n) is 6.27. The van der Waals surface area contributed by atoms with Gasteiger partial charge in [0.1, 0.15) is 0 Å². The molecule has 3 aliphatic rings. The molecule has 2 N–H and O–H groups in total. The number of nitrogens with one attached hydrogen (secondary N) is 1. The quantitative estimate of drug-likeness (QED) is 0.601. The molecule has 1 aromatic rings. The molecule has 2 unspecified atom stereocenters. The Labute approximate surface area is 211 Å². The zero-order chi connectivity index (χ0) is 26.1. The number of methoxy groups -OCH3 is 1. The summed E-state index contributed by atoms with van der Waals surface area (Å²) >= 11 is 0. The summed E-state index contributed by atoms with van der Waals surface area (Å²) in [6.45, 7) is 6.26. The van der Waals surface area contributed by atoms with Crippen molar-refractivity contribution >= 4 is 5.91 Å². The molecule has 1 aliphatic carbocycles. The van der Waals surface area contributed by atoms with Gasteiger partial charge in [-0.2, -0.15) is 13.2 Å². The number of hydrogen-bond acceptors (Lipinski definition) is 5. The Kier molecular flexibility index (Phi) is 8.05. The van der Waals surface area contributed by atoms with Crippen molar-refractivity contribution in [3.63, 3.8) is 0 Å². The zero-order valence-corrected chi connectivity index (χ0v) is 21.4. The van der Waals surface area contributed by atoms with Gasteiger partial charge in [-0.3, -0.25) is 4.79 Å². The summed E-state index contributed by atoms with van der Waals surface area (Å²) in [4.78, 5) is 15.7. The fraction of sp³-hybridized carbons (Fsp3) is 0.741. The number of halogens is 3. The largest absolute Gasteiger partial charge is 0.416 e. The molecule has 6 nitrogen and oxygen atoms in total. The van der Waals surface area contributed by atoms with E-state index in [9.17, 15) is 23.1 Å². The van der Waals surface area contributed by atoms with Gasteiger partial charge in [0, 0.05) is 38.9 Å². The lowest BCUT2D eigenvalue weighted by Crippen LogP contribution is -2.53. The second-order valence-electron chi connectivity index (χ2n) is 11.1. The second-order valence-corrected chi connectivity index (χ2v) is 11.1. The second kappa shape index (κ2) is 10.6. The molecule has 0 spiro atoms. The van der Waals surface area contributed by atoms with E-state index >= 15 is 0 Å². The summed E-state index contributed by atoms with van der Waals surface area (Å²) in [6.07, 6.45) is -0.430. The molecule has 0 aromatic heterocycles. The van der Waals surface area contributed by atoms with E-state index < -0.39 is 22.8 Å². The van der Waals surface area contributed by atoms with Gasteiger partial charge >= 0.3 is 6.18 Å². The van der Waals surface area contributed by atoms with Crippen LogP contribution in [0.4, 0.5) is 13.2 Å². The summed E-state index contributed by atoms with van der Waals surface area (Å²) in [6, 6.07) is 5.17. The molecule has 202 valence electrons. The van der Waals surface area contributed by atoms with Crippen molar-refractivity contribution < 1.29 is 32.5 Å². The van der Waals surface area contributed by atoms with Crippen LogP contribution in [0.3, 0.4) is 0 Å². The Balaban J connectivity index is 1.39. The summed E-state index contributed by atoms with van der Waals surface area (Å²) < 4.78 is 49.9. The van der Waals surface area contributed by atoms with E-state index in [2.05, 4.69) is 19.2 Å². The summed E-state index contributed by atoms with van der Waals surface area (Å²) in [5.41, 5.74) is -1.96. The number of likely N-dealkylation sites (tertiary alicyclic amines) is 1. The van der Waals surface area contributed by atoms with Gasteiger partial charge in [0.05, 0.1) is 29.3 Å². The summed E-state index contributed by atoms with van der Waals surface area (Å²) in [5, 5.41) is 14.9. The highest BCUT2D eigenvalue weighted by Gasteiger charge is 2.51. The third-order valence-electron chi connectivity index (χ3n) is 8.76. The van der Waals surface area contributed by atoms with E-state index in [0.717, 1.165) is 37.8 Å². The maximum Gasteiger partial charge on any atom is 0.416 e. The van der Waals surface area contributed by atoms with Crippen molar-refractivity contribution in [2.75, 3.05) is 33.4 Å². The summed E-state index contributed by atoms with van der Waals surface area (Å²) in [5.74, 6) is 0.298. The number of aliphatic hydroxyl groups is 1. The maximum absolute atomic E-state index is 13.9. The SMILES string of the molecule is COC1COCCC1N[C@@H]1CC[C@@](C(=O)N2CCC(O)(c3ccc(C(F)(F)F)cc3)CC2)(C(C)C)C1. The van der Waals surface area contributed by atoms with Gasteiger partial charge in [0.25, 0.3) is 0 Å². The highest BCUT2D eigenvalue weighted by Crippen LogP contribution is 2.47. The Hall–Kier alpha value is -1.68. The van der Waals surface area contributed by atoms with Crippen LogP contribution in [0.2, 0.25) is 0 Å². The molecule has 1 aromatic carbocycles. The molecule has 2 aliphatic heterocycles. The van der Waals surface area contributed by atoms with Crippen LogP contribution in [0.1, 0.15) is 63.5 Å². The first-order valence-corrected chi connectivity index (χ1v) is 13.0. The van der Waals surface area contributed by atoms with Crippen LogP contribution < -0.4 is 5.32 Å². The molecule has 4 rings (SSSR count). The Morgan fingerprint density at radius 2 is 1.83 bits per heavy atom. The lowest BCUT2D eigenvalue weighted by Gasteiger charge is -2.43. The minimum Gasteiger partial charge on any atom is -0.385 e. The van der Waals surface area contributed by atoms with Gasteiger partial charge in [0.2, 0.25) is 5.91 Å². The van der Waals surface area contributed by atoms with Crippen LogP contribution in [-0.4, -0.2) is 67.5 Å². The highest BCUT2D eigenvalue weighted by molar-refractivity contribution is 5.83. The van der Waals surface area contributed by atoms with Crippen molar-refractivity contribution in [2.45, 2.75) is 82.3 Å². The van der Waals surface area contributed by atoms with Crippen LogP contribution in [0.25, 0.3) is 0 Å². The molecule has 2 heterocycles. The molecule has 9 heteroatoms. The normalized spacial score (nSPS) is 31.1. The van der Waals surface area contributed by atoms with Gasteiger partial charge in [-0.05, 0) is 62.1 Å². The predicted molar refractivity (Wildman–Crippen MR) is 129 cm³/mol. The van der Waals surface area contributed by atoms with Gasteiger partial charge < -0.3 is 24.8 Å². The Bertz CT molecular complexity index is 899. The number of carbonyl (C=O) groups is 1. The van der Waals surface area contributed by atoms with Crippen LogP contribution in [0, 0.1) is 11.3 Å². The summed E-state index contributed by atoms with van der Waals surface area (Å²) in [7, 11) is 1.70. The van der Waals surface area contributed by atoms with Crippen molar-refractivity contribution in [1.29, 1.82) is 0 Å². The number of carbonyl (C=O) groups excluding carboxylic acids is 1. The first-order chi connectivity index (χ1) is 17.0. The van der Waals surface area contributed by atoms with E-state index in [-0.39, 0.29) is 30.0 Å². The van der Waals surface area contributed by atoms with Crippen molar-refractivity contribution in [1.82, 2.24) is 10.2 Å². The molecule has 1 saturated carbocycles. The van der Waals surface area contributed by atoms with E-state index in [4.69, 9.17) is 9.47 Å². The van der Waals surface area contributed by atoms with E-state index in [1.165, 1.54) is 12.1 Å². The Morgan fingerprint density at radius 3 is 2.42 bits per heavy atom. The highest BCUT2D eigenvalue weighted by atomic mass is 19.4. The first-order valence-electron chi connectivity index (χ1n) is 13.0. The van der Waals surface area contributed by atoms with E-state index in [1.54, 1.807) is 7.11 Å². The number of nitrogens with zero attached hydrogens (tertiary/aromatic N) is 1. The number of alkyl halides is 3. The smallest absolute Gasteiger partial charge is 0.385 e. The zero-order valence-electron chi connectivity index (χ0n) is 21.4. The number of amides is 1. The Morgan fingerprint density at radius 1 is 1.17 bits per heavy atom. The molecular weight excluding hydrogens is 473 g/mol.